The van der Waals surface area contributed by atoms with Crippen LogP contribution in [0.2, 0.25) is 0 Å². The summed E-state index contributed by atoms with van der Waals surface area (Å²) >= 11 is 0. The SMILES string of the molecule is O=C(Nc1cccc(-c2ccc3c(c2)CCO3)c1)N1CCC(CO)C1. The number of carbonyl (C=O) groups is 1. The molecule has 1 saturated heterocycles. The Morgan fingerprint density at radius 1 is 1.24 bits per heavy atom. The molecular formula is C20H22N2O3. The molecule has 2 aromatic carbocycles. The number of hydrogen-bond acceptors (Lipinski definition) is 3. The third-order valence-corrected chi connectivity index (χ3v) is 4.97. The molecule has 0 bridgehead atoms. The highest BCUT2D eigenvalue weighted by molar-refractivity contribution is 5.90. The zero-order valence-corrected chi connectivity index (χ0v) is 14.1. The first-order chi connectivity index (χ1) is 12.2. The Kier molecular flexibility index (Phi) is 4.32. The number of anilines is 1. The molecule has 25 heavy (non-hydrogen) atoms. The highest BCUT2D eigenvalue weighted by Gasteiger charge is 2.25. The van der Waals surface area contributed by atoms with Crippen molar-refractivity contribution in [2.24, 2.45) is 5.92 Å². The Hall–Kier alpha value is -2.53. The van der Waals surface area contributed by atoms with Crippen molar-refractivity contribution in [1.82, 2.24) is 4.90 Å². The maximum atomic E-state index is 12.4. The van der Waals surface area contributed by atoms with Gasteiger partial charge >= 0.3 is 6.03 Å². The summed E-state index contributed by atoms with van der Waals surface area (Å²) in [6, 6.07) is 14.0. The zero-order chi connectivity index (χ0) is 17.2. The summed E-state index contributed by atoms with van der Waals surface area (Å²) in [7, 11) is 0. The summed E-state index contributed by atoms with van der Waals surface area (Å²) in [5.74, 6) is 1.17. The first-order valence-corrected chi connectivity index (χ1v) is 8.76. The number of carbonyl (C=O) groups excluding carboxylic acids is 1. The topological polar surface area (TPSA) is 61.8 Å². The van der Waals surface area contributed by atoms with Gasteiger partial charge < -0.3 is 20.1 Å². The zero-order valence-electron chi connectivity index (χ0n) is 14.1. The second-order valence-corrected chi connectivity index (χ2v) is 6.72. The molecule has 0 radical (unpaired) electrons. The van der Waals surface area contributed by atoms with Crippen LogP contribution < -0.4 is 10.1 Å². The van der Waals surface area contributed by atoms with Crippen LogP contribution in [-0.2, 0) is 6.42 Å². The van der Waals surface area contributed by atoms with Gasteiger partial charge in [0, 0.05) is 37.7 Å². The number of nitrogens with one attached hydrogen (secondary N) is 1. The maximum absolute atomic E-state index is 12.4. The standard InChI is InChI=1S/C20H22N2O3/c23-13-14-6-8-22(12-14)20(24)21-18-3-1-2-15(11-18)16-4-5-19-17(10-16)7-9-25-19/h1-5,10-11,14,23H,6-9,12-13H2,(H,21,24). The number of fused-ring (bicyclic) bond motifs is 1. The average Bonchev–Trinajstić information content (AvgIpc) is 3.30. The van der Waals surface area contributed by atoms with Crippen LogP contribution in [0.5, 0.6) is 5.75 Å². The molecule has 2 aliphatic heterocycles. The van der Waals surface area contributed by atoms with Crippen molar-refractivity contribution in [2.75, 3.05) is 31.6 Å². The van der Waals surface area contributed by atoms with E-state index in [-0.39, 0.29) is 18.6 Å². The van der Waals surface area contributed by atoms with Crippen molar-refractivity contribution >= 4 is 11.7 Å². The fraction of sp³-hybridized carbons (Fsp3) is 0.350. The average molecular weight is 338 g/mol. The fourth-order valence-corrected chi connectivity index (χ4v) is 3.51. The molecule has 130 valence electrons. The molecule has 2 aromatic rings. The summed E-state index contributed by atoms with van der Waals surface area (Å²) in [6.07, 6.45) is 1.81. The van der Waals surface area contributed by atoms with E-state index in [1.54, 1.807) is 4.90 Å². The first-order valence-electron chi connectivity index (χ1n) is 8.76. The van der Waals surface area contributed by atoms with E-state index in [9.17, 15) is 9.90 Å². The molecule has 0 saturated carbocycles. The molecule has 2 N–H and O–H groups in total. The number of likely N-dealkylation sites (tertiary alicyclic amines) is 1. The van der Waals surface area contributed by atoms with Crippen LogP contribution in [0.4, 0.5) is 10.5 Å². The van der Waals surface area contributed by atoms with Gasteiger partial charge in [0.05, 0.1) is 6.61 Å². The molecule has 2 amide bonds. The molecule has 0 spiro atoms. The summed E-state index contributed by atoms with van der Waals surface area (Å²) in [5, 5.41) is 12.2. The van der Waals surface area contributed by atoms with Crippen LogP contribution in [-0.4, -0.2) is 42.3 Å². The highest BCUT2D eigenvalue weighted by atomic mass is 16.5. The number of aliphatic hydroxyl groups excluding tert-OH is 1. The third kappa shape index (κ3) is 3.33. The summed E-state index contributed by atoms with van der Waals surface area (Å²) < 4.78 is 5.56. The lowest BCUT2D eigenvalue weighted by atomic mass is 10.0. The van der Waals surface area contributed by atoms with E-state index in [0.717, 1.165) is 42.0 Å². The quantitative estimate of drug-likeness (QED) is 0.904. The normalized spacial score (nSPS) is 18.8. The van der Waals surface area contributed by atoms with Gasteiger partial charge in [-0.1, -0.05) is 18.2 Å². The second-order valence-electron chi connectivity index (χ2n) is 6.72. The van der Waals surface area contributed by atoms with E-state index in [1.165, 1.54) is 5.56 Å². The molecule has 2 heterocycles. The smallest absolute Gasteiger partial charge is 0.321 e. The maximum Gasteiger partial charge on any atom is 0.321 e. The Bertz CT molecular complexity index is 790. The minimum atomic E-state index is -0.101. The van der Waals surface area contributed by atoms with Gasteiger partial charge in [-0.05, 0) is 47.4 Å². The fourth-order valence-electron chi connectivity index (χ4n) is 3.51. The molecule has 1 unspecified atom stereocenters. The molecule has 5 nitrogen and oxygen atoms in total. The molecule has 4 rings (SSSR count). The van der Waals surface area contributed by atoms with Crippen molar-refractivity contribution < 1.29 is 14.6 Å². The number of hydrogen-bond donors (Lipinski definition) is 2. The van der Waals surface area contributed by atoms with E-state index in [0.29, 0.717) is 13.1 Å². The first kappa shape index (κ1) is 16.0. The molecule has 2 aliphatic rings. The van der Waals surface area contributed by atoms with Crippen LogP contribution >= 0.6 is 0 Å². The summed E-state index contributed by atoms with van der Waals surface area (Å²) in [5.41, 5.74) is 4.22. The molecular weight excluding hydrogens is 316 g/mol. The van der Waals surface area contributed by atoms with Gasteiger partial charge in [0.1, 0.15) is 5.75 Å². The number of ether oxygens (including phenoxy) is 1. The Balaban J connectivity index is 1.49. The van der Waals surface area contributed by atoms with Gasteiger partial charge in [0.2, 0.25) is 0 Å². The lowest BCUT2D eigenvalue weighted by Gasteiger charge is -2.17. The second kappa shape index (κ2) is 6.76. The van der Waals surface area contributed by atoms with Gasteiger partial charge in [0.15, 0.2) is 0 Å². The highest BCUT2D eigenvalue weighted by Crippen LogP contribution is 2.31. The van der Waals surface area contributed by atoms with Crippen LogP contribution in [0.25, 0.3) is 11.1 Å². The predicted octanol–water partition coefficient (Wildman–Crippen LogP) is 3.13. The van der Waals surface area contributed by atoms with Crippen molar-refractivity contribution in [3.05, 3.63) is 48.0 Å². The third-order valence-electron chi connectivity index (χ3n) is 4.97. The van der Waals surface area contributed by atoms with Gasteiger partial charge in [0.25, 0.3) is 0 Å². The molecule has 1 fully saturated rings. The van der Waals surface area contributed by atoms with Gasteiger partial charge in [-0.3, -0.25) is 0 Å². The lowest BCUT2D eigenvalue weighted by Crippen LogP contribution is -2.33. The number of rotatable bonds is 3. The number of benzene rings is 2. The van der Waals surface area contributed by atoms with E-state index in [4.69, 9.17) is 4.74 Å². The van der Waals surface area contributed by atoms with Crippen molar-refractivity contribution in [3.8, 4) is 16.9 Å². The van der Waals surface area contributed by atoms with Crippen LogP contribution in [0, 0.1) is 5.92 Å². The van der Waals surface area contributed by atoms with Gasteiger partial charge in [-0.2, -0.15) is 0 Å². The van der Waals surface area contributed by atoms with E-state index >= 15 is 0 Å². The van der Waals surface area contributed by atoms with E-state index < -0.39 is 0 Å². The van der Waals surface area contributed by atoms with Crippen LogP contribution in [0.3, 0.4) is 0 Å². The monoisotopic (exact) mass is 338 g/mol. The van der Waals surface area contributed by atoms with E-state index in [2.05, 4.69) is 17.4 Å². The number of aliphatic hydroxyl groups is 1. The number of amides is 2. The summed E-state index contributed by atoms with van der Waals surface area (Å²) in [6.45, 7) is 2.20. The van der Waals surface area contributed by atoms with Gasteiger partial charge in [-0.25, -0.2) is 4.79 Å². The largest absolute Gasteiger partial charge is 0.493 e. The number of nitrogens with zero attached hydrogens (tertiary/aromatic N) is 1. The molecule has 1 atom stereocenters. The van der Waals surface area contributed by atoms with E-state index in [1.807, 2.05) is 30.3 Å². The van der Waals surface area contributed by atoms with Crippen molar-refractivity contribution in [2.45, 2.75) is 12.8 Å². The lowest BCUT2D eigenvalue weighted by molar-refractivity contribution is 0.209. The minimum absolute atomic E-state index is 0.101. The molecule has 0 aromatic heterocycles. The van der Waals surface area contributed by atoms with Gasteiger partial charge in [-0.15, -0.1) is 0 Å². The van der Waals surface area contributed by atoms with Crippen molar-refractivity contribution in [3.63, 3.8) is 0 Å². The predicted molar refractivity (Wildman–Crippen MR) is 96.9 cm³/mol. The Morgan fingerprint density at radius 2 is 2.12 bits per heavy atom. The van der Waals surface area contributed by atoms with Crippen LogP contribution in [0.1, 0.15) is 12.0 Å². The Morgan fingerprint density at radius 3 is 2.96 bits per heavy atom. The Labute approximate surface area is 147 Å². The molecule has 0 aliphatic carbocycles. The minimum Gasteiger partial charge on any atom is -0.493 e. The number of urea groups is 1. The van der Waals surface area contributed by atoms with Crippen LogP contribution in [0.15, 0.2) is 42.5 Å². The summed E-state index contributed by atoms with van der Waals surface area (Å²) in [4.78, 5) is 14.2. The molecule has 5 heteroatoms. The van der Waals surface area contributed by atoms with Crippen molar-refractivity contribution in [1.29, 1.82) is 0 Å².